The van der Waals surface area contributed by atoms with E-state index in [1.165, 1.54) is 0 Å². The molecule has 0 aliphatic heterocycles. The zero-order valence-corrected chi connectivity index (χ0v) is 7.38. The fourth-order valence-electron chi connectivity index (χ4n) is 0. The molecule has 0 rings (SSSR count). The van der Waals surface area contributed by atoms with E-state index >= 15 is 0 Å². The van der Waals surface area contributed by atoms with E-state index in [0.29, 0.717) is 0 Å². The van der Waals surface area contributed by atoms with E-state index in [-0.39, 0.29) is 16.5 Å². The Morgan fingerprint density at radius 1 is 1.00 bits per heavy atom. The standard InChI is InChI=1S/2C2H4O2.CH4O.Ni/c2*1-2(3)4;1-2;/h2*1H3,(H,3,4);2H,1H3;/q;;;+2/p-2. The summed E-state index contributed by atoms with van der Waals surface area (Å²) in [5.41, 5.74) is 0. The van der Waals surface area contributed by atoms with Crippen molar-refractivity contribution < 1.29 is 41.4 Å². The van der Waals surface area contributed by atoms with Crippen molar-refractivity contribution in [1.29, 1.82) is 0 Å². The molecule has 70 valence electrons. The number of carboxylic acids is 2. The Kier molecular flexibility index (Phi) is 46.4. The van der Waals surface area contributed by atoms with Crippen molar-refractivity contribution in [3.05, 3.63) is 0 Å². The smallest absolute Gasteiger partial charge is 0.550 e. The number of aliphatic hydroxyl groups excluding tert-OH is 1. The number of carbonyl (C=O) groups is 2. The van der Waals surface area contributed by atoms with Crippen LogP contribution in [0.1, 0.15) is 13.8 Å². The summed E-state index contributed by atoms with van der Waals surface area (Å²) in [6, 6.07) is 0. The summed E-state index contributed by atoms with van der Waals surface area (Å²) in [5, 5.41) is 24.8. The molecular formula is C5H10NiO5. The molecule has 0 aromatic rings. The first-order chi connectivity index (χ1) is 4.46. The molecule has 0 heterocycles. The molecule has 0 aliphatic rings. The van der Waals surface area contributed by atoms with Crippen LogP contribution < -0.4 is 10.2 Å². The third-order valence-corrected chi connectivity index (χ3v) is 0. The summed E-state index contributed by atoms with van der Waals surface area (Å²) >= 11 is 0. The number of carboxylic acid groups (broad SMARTS) is 2. The predicted molar refractivity (Wildman–Crippen MR) is 29.5 cm³/mol. The first-order valence-electron chi connectivity index (χ1n) is 2.26. The predicted octanol–water partition coefficient (Wildman–Crippen LogP) is -2.88. The van der Waals surface area contributed by atoms with Crippen LogP contribution in [0.25, 0.3) is 0 Å². The Bertz CT molecular complexity index is 72.9. The number of aliphatic hydroxyl groups is 1. The van der Waals surface area contributed by atoms with Crippen molar-refractivity contribution >= 4 is 11.9 Å². The van der Waals surface area contributed by atoms with Gasteiger partial charge >= 0.3 is 16.5 Å². The van der Waals surface area contributed by atoms with E-state index in [1.807, 2.05) is 0 Å². The van der Waals surface area contributed by atoms with E-state index in [1.54, 1.807) is 0 Å². The Hall–Kier alpha value is -0.606. The Balaban J connectivity index is -0.0000000339. The fraction of sp³-hybridized carbons (Fsp3) is 0.600. The van der Waals surface area contributed by atoms with Gasteiger partial charge in [0.05, 0.1) is 0 Å². The molecule has 0 fully saturated rings. The molecule has 11 heavy (non-hydrogen) atoms. The van der Waals surface area contributed by atoms with Gasteiger partial charge in [-0.05, 0) is 13.8 Å². The largest absolute Gasteiger partial charge is 2.00 e. The van der Waals surface area contributed by atoms with Crippen molar-refractivity contribution in [2.75, 3.05) is 7.11 Å². The quantitative estimate of drug-likeness (QED) is 0.431. The zero-order valence-electron chi connectivity index (χ0n) is 6.40. The van der Waals surface area contributed by atoms with Gasteiger partial charge in [-0.3, -0.25) is 0 Å². The van der Waals surface area contributed by atoms with Crippen molar-refractivity contribution in [2.24, 2.45) is 0 Å². The summed E-state index contributed by atoms with van der Waals surface area (Å²) < 4.78 is 0. The van der Waals surface area contributed by atoms with Gasteiger partial charge in [0.1, 0.15) is 0 Å². The maximum Gasteiger partial charge on any atom is 2.00 e. The molecule has 0 atom stereocenters. The van der Waals surface area contributed by atoms with Crippen LogP contribution in [0.2, 0.25) is 0 Å². The molecule has 1 N–H and O–H groups in total. The van der Waals surface area contributed by atoms with Gasteiger partial charge in [-0.1, -0.05) is 0 Å². The first kappa shape index (κ1) is 22.4. The number of aliphatic carboxylic acids is 2. The minimum absolute atomic E-state index is 0. The number of carbonyl (C=O) groups excluding carboxylic acids is 2. The maximum atomic E-state index is 8.89. The van der Waals surface area contributed by atoms with Crippen LogP contribution in [0.15, 0.2) is 0 Å². The molecule has 0 radical (unpaired) electrons. The van der Waals surface area contributed by atoms with Crippen molar-refractivity contribution in [3.63, 3.8) is 0 Å². The summed E-state index contributed by atoms with van der Waals surface area (Å²) in [6.07, 6.45) is 0. The first-order valence-corrected chi connectivity index (χ1v) is 2.26. The normalized spacial score (nSPS) is 5.09. The second-order valence-electron chi connectivity index (χ2n) is 0.983. The second-order valence-corrected chi connectivity index (χ2v) is 0.983. The third-order valence-electron chi connectivity index (χ3n) is 0. The summed E-state index contributed by atoms with van der Waals surface area (Å²) in [5.74, 6) is -2.17. The monoisotopic (exact) mass is 208 g/mol. The Labute approximate surface area is 75.0 Å². The van der Waals surface area contributed by atoms with E-state index < -0.39 is 11.9 Å². The maximum absolute atomic E-state index is 8.89. The van der Waals surface area contributed by atoms with Crippen LogP contribution in [0.3, 0.4) is 0 Å². The molecule has 0 amide bonds. The zero-order chi connectivity index (χ0) is 9.15. The Morgan fingerprint density at radius 3 is 1.00 bits per heavy atom. The summed E-state index contributed by atoms with van der Waals surface area (Å²) in [4.78, 5) is 17.8. The minimum atomic E-state index is -1.08. The third kappa shape index (κ3) is 1400. The van der Waals surface area contributed by atoms with Gasteiger partial charge in [0.15, 0.2) is 0 Å². The summed E-state index contributed by atoms with van der Waals surface area (Å²) in [7, 11) is 1.00. The van der Waals surface area contributed by atoms with Crippen LogP contribution in [-0.2, 0) is 26.1 Å². The van der Waals surface area contributed by atoms with Crippen molar-refractivity contribution in [1.82, 2.24) is 0 Å². The second kappa shape index (κ2) is 22.7. The van der Waals surface area contributed by atoms with E-state index in [4.69, 9.17) is 24.9 Å². The SMILES string of the molecule is CC(=O)[O-].CC(=O)[O-].CO.[Ni+2]. The van der Waals surface area contributed by atoms with E-state index in [0.717, 1.165) is 21.0 Å². The number of hydrogen-bond donors (Lipinski definition) is 1. The average molecular weight is 209 g/mol. The van der Waals surface area contributed by atoms with Crippen molar-refractivity contribution in [2.45, 2.75) is 13.8 Å². The Morgan fingerprint density at radius 2 is 1.00 bits per heavy atom. The molecule has 0 spiro atoms. The molecule has 0 saturated heterocycles. The van der Waals surface area contributed by atoms with Crippen LogP contribution in [0.5, 0.6) is 0 Å². The molecule has 0 bridgehead atoms. The van der Waals surface area contributed by atoms with Gasteiger partial charge in [-0.25, -0.2) is 0 Å². The van der Waals surface area contributed by atoms with Crippen molar-refractivity contribution in [3.8, 4) is 0 Å². The minimum Gasteiger partial charge on any atom is -0.550 e. The molecule has 0 unspecified atom stereocenters. The van der Waals surface area contributed by atoms with E-state index in [9.17, 15) is 0 Å². The average Bonchev–Trinajstić information content (AvgIpc) is 1.66. The van der Waals surface area contributed by atoms with E-state index in [2.05, 4.69) is 0 Å². The molecule has 0 aromatic heterocycles. The number of rotatable bonds is 0. The van der Waals surface area contributed by atoms with Crippen LogP contribution in [0.4, 0.5) is 0 Å². The molecule has 6 heteroatoms. The van der Waals surface area contributed by atoms with Crippen LogP contribution in [0, 0.1) is 0 Å². The number of hydrogen-bond acceptors (Lipinski definition) is 5. The molecule has 0 aromatic carbocycles. The molecule has 0 saturated carbocycles. The van der Waals surface area contributed by atoms with Crippen LogP contribution in [-0.4, -0.2) is 24.2 Å². The summed E-state index contributed by atoms with van der Waals surface area (Å²) in [6.45, 7) is 1.94. The van der Waals surface area contributed by atoms with Gasteiger partial charge in [0, 0.05) is 19.0 Å². The van der Waals surface area contributed by atoms with Gasteiger partial charge in [0.2, 0.25) is 0 Å². The molecule has 5 nitrogen and oxygen atoms in total. The molecular weight excluding hydrogens is 199 g/mol. The topological polar surface area (TPSA) is 100 Å². The van der Waals surface area contributed by atoms with Gasteiger partial charge in [0.25, 0.3) is 0 Å². The van der Waals surface area contributed by atoms with Crippen LogP contribution >= 0.6 is 0 Å². The molecule has 0 aliphatic carbocycles. The fourth-order valence-corrected chi connectivity index (χ4v) is 0. The van der Waals surface area contributed by atoms with Gasteiger partial charge < -0.3 is 24.9 Å². The van der Waals surface area contributed by atoms with Gasteiger partial charge in [-0.2, -0.15) is 0 Å². The van der Waals surface area contributed by atoms with Gasteiger partial charge in [-0.15, -0.1) is 0 Å².